The lowest BCUT2D eigenvalue weighted by Gasteiger charge is -2.22. The standard InChI is InChI=1S/C18H15ClN2O2/c1-12(23-17-7-6-13(11-20)10-15(17)19)18(22)21-9-8-14-4-2-3-5-16(14)21/h2-7,10,12H,8-9H2,1H3/t12-/m1/s1. The molecule has 0 unspecified atom stereocenters. The number of halogens is 1. The normalized spacial score (nSPS) is 14.0. The summed E-state index contributed by atoms with van der Waals surface area (Å²) in [5.74, 6) is 0.300. The Bertz CT molecular complexity index is 798. The maximum absolute atomic E-state index is 12.7. The van der Waals surface area contributed by atoms with Crippen LogP contribution < -0.4 is 9.64 Å². The van der Waals surface area contributed by atoms with Crippen molar-refractivity contribution in [3.63, 3.8) is 0 Å². The number of benzene rings is 2. The van der Waals surface area contributed by atoms with Gasteiger partial charge in [-0.2, -0.15) is 5.26 Å². The van der Waals surface area contributed by atoms with Crippen LogP contribution in [0.15, 0.2) is 42.5 Å². The number of anilines is 1. The summed E-state index contributed by atoms with van der Waals surface area (Å²) in [6, 6.07) is 14.6. The Kier molecular flexibility index (Phi) is 4.22. The molecule has 0 N–H and O–H groups in total. The van der Waals surface area contributed by atoms with Crippen LogP contribution in [0.4, 0.5) is 5.69 Å². The van der Waals surface area contributed by atoms with Gasteiger partial charge in [-0.25, -0.2) is 0 Å². The molecule has 2 aromatic carbocycles. The Labute approximate surface area is 139 Å². The minimum atomic E-state index is -0.661. The number of carbonyl (C=O) groups excluding carboxylic acids is 1. The van der Waals surface area contributed by atoms with Crippen LogP contribution in [0.1, 0.15) is 18.1 Å². The molecule has 0 aromatic heterocycles. The number of nitrogens with zero attached hydrogens (tertiary/aromatic N) is 2. The summed E-state index contributed by atoms with van der Waals surface area (Å²) in [6.07, 6.45) is 0.193. The van der Waals surface area contributed by atoms with Crippen LogP contribution in [0, 0.1) is 11.3 Å². The van der Waals surface area contributed by atoms with E-state index >= 15 is 0 Å². The van der Waals surface area contributed by atoms with Gasteiger partial charge in [0.15, 0.2) is 6.10 Å². The lowest BCUT2D eigenvalue weighted by atomic mass is 10.2. The third-order valence-electron chi connectivity index (χ3n) is 3.87. The predicted octanol–water partition coefficient (Wildman–Crippen LogP) is 3.57. The Balaban J connectivity index is 1.75. The summed E-state index contributed by atoms with van der Waals surface area (Å²) in [5, 5.41) is 9.17. The second-order valence-corrected chi connectivity index (χ2v) is 5.79. The number of para-hydroxylation sites is 1. The zero-order chi connectivity index (χ0) is 16.4. The van der Waals surface area contributed by atoms with E-state index in [1.54, 1.807) is 24.0 Å². The number of carbonyl (C=O) groups is 1. The monoisotopic (exact) mass is 326 g/mol. The van der Waals surface area contributed by atoms with Crippen molar-refractivity contribution in [2.75, 3.05) is 11.4 Å². The molecule has 0 radical (unpaired) electrons. The zero-order valence-electron chi connectivity index (χ0n) is 12.6. The number of hydrogen-bond acceptors (Lipinski definition) is 3. The molecule has 1 aliphatic rings. The molecule has 1 aliphatic heterocycles. The summed E-state index contributed by atoms with van der Waals surface area (Å²) < 4.78 is 5.70. The van der Waals surface area contributed by atoms with Crippen LogP contribution in [0.5, 0.6) is 5.75 Å². The highest BCUT2D eigenvalue weighted by Crippen LogP contribution is 2.30. The molecule has 1 heterocycles. The fourth-order valence-corrected chi connectivity index (χ4v) is 2.92. The topological polar surface area (TPSA) is 53.3 Å². The summed E-state index contributed by atoms with van der Waals surface area (Å²) in [7, 11) is 0. The average Bonchev–Trinajstić information content (AvgIpc) is 2.99. The molecule has 4 nitrogen and oxygen atoms in total. The Morgan fingerprint density at radius 3 is 2.87 bits per heavy atom. The molecule has 0 fully saturated rings. The summed E-state index contributed by atoms with van der Waals surface area (Å²) >= 11 is 6.10. The zero-order valence-corrected chi connectivity index (χ0v) is 13.4. The highest BCUT2D eigenvalue weighted by molar-refractivity contribution is 6.32. The first-order valence-electron chi connectivity index (χ1n) is 7.35. The van der Waals surface area contributed by atoms with Gasteiger partial charge in [-0.3, -0.25) is 4.79 Å². The molecule has 116 valence electrons. The maximum atomic E-state index is 12.7. The predicted molar refractivity (Wildman–Crippen MR) is 88.8 cm³/mol. The fourth-order valence-electron chi connectivity index (χ4n) is 2.69. The van der Waals surface area contributed by atoms with E-state index in [9.17, 15) is 4.79 Å². The largest absolute Gasteiger partial charge is 0.479 e. The van der Waals surface area contributed by atoms with Crippen molar-refractivity contribution in [3.8, 4) is 11.8 Å². The summed E-state index contributed by atoms with van der Waals surface area (Å²) in [4.78, 5) is 14.4. The van der Waals surface area contributed by atoms with Crippen LogP contribution >= 0.6 is 11.6 Å². The van der Waals surface area contributed by atoms with E-state index in [1.165, 1.54) is 11.6 Å². The van der Waals surface area contributed by atoms with Gasteiger partial charge in [0.1, 0.15) is 5.75 Å². The Morgan fingerprint density at radius 2 is 2.13 bits per heavy atom. The number of fused-ring (bicyclic) bond motifs is 1. The quantitative estimate of drug-likeness (QED) is 0.866. The molecule has 2 aromatic rings. The second-order valence-electron chi connectivity index (χ2n) is 5.39. The highest BCUT2D eigenvalue weighted by atomic mass is 35.5. The molecule has 3 rings (SSSR count). The van der Waals surface area contributed by atoms with Crippen LogP contribution in [-0.4, -0.2) is 18.6 Å². The average molecular weight is 327 g/mol. The molecular weight excluding hydrogens is 312 g/mol. The van der Waals surface area contributed by atoms with Gasteiger partial charge in [0.05, 0.1) is 16.7 Å². The summed E-state index contributed by atoms with van der Waals surface area (Å²) in [6.45, 7) is 2.37. The van der Waals surface area contributed by atoms with E-state index in [0.717, 1.165) is 12.1 Å². The molecule has 1 amide bonds. The van der Waals surface area contributed by atoms with Crippen LogP contribution in [0.3, 0.4) is 0 Å². The SMILES string of the molecule is C[C@@H](Oc1ccc(C#N)cc1Cl)C(=O)N1CCc2ccccc21. The molecule has 1 atom stereocenters. The molecule has 5 heteroatoms. The third-order valence-corrected chi connectivity index (χ3v) is 4.16. The van der Waals surface area contributed by atoms with Crippen molar-refractivity contribution in [2.45, 2.75) is 19.4 Å². The van der Waals surface area contributed by atoms with Crippen molar-refractivity contribution in [3.05, 3.63) is 58.6 Å². The van der Waals surface area contributed by atoms with Crippen molar-refractivity contribution >= 4 is 23.2 Å². The number of amides is 1. The second kappa shape index (κ2) is 6.31. The third kappa shape index (κ3) is 3.01. The van der Waals surface area contributed by atoms with E-state index < -0.39 is 6.10 Å². The molecular formula is C18H15ClN2O2. The van der Waals surface area contributed by atoms with Gasteiger partial charge in [0, 0.05) is 12.2 Å². The van der Waals surface area contributed by atoms with Crippen molar-refractivity contribution in [2.24, 2.45) is 0 Å². The molecule has 0 saturated heterocycles. The first kappa shape index (κ1) is 15.4. The molecule has 23 heavy (non-hydrogen) atoms. The van der Waals surface area contributed by atoms with Gasteiger partial charge in [-0.15, -0.1) is 0 Å². The fraction of sp³-hybridized carbons (Fsp3) is 0.222. The number of hydrogen-bond donors (Lipinski definition) is 0. The van der Waals surface area contributed by atoms with E-state index in [-0.39, 0.29) is 5.91 Å². The lowest BCUT2D eigenvalue weighted by Crippen LogP contribution is -2.39. The number of nitriles is 1. The minimum Gasteiger partial charge on any atom is -0.479 e. The van der Waals surface area contributed by atoms with E-state index in [2.05, 4.69) is 0 Å². The lowest BCUT2D eigenvalue weighted by molar-refractivity contribution is -0.124. The van der Waals surface area contributed by atoms with E-state index in [0.29, 0.717) is 22.9 Å². The van der Waals surface area contributed by atoms with Crippen molar-refractivity contribution < 1.29 is 9.53 Å². The summed E-state index contributed by atoms with van der Waals surface area (Å²) in [5.41, 5.74) is 2.57. The number of ether oxygens (including phenoxy) is 1. The maximum Gasteiger partial charge on any atom is 0.267 e. The van der Waals surface area contributed by atoms with Gasteiger partial charge in [0.25, 0.3) is 5.91 Å². The number of rotatable bonds is 3. The van der Waals surface area contributed by atoms with Gasteiger partial charge in [-0.1, -0.05) is 29.8 Å². The molecule has 0 aliphatic carbocycles. The van der Waals surface area contributed by atoms with Crippen LogP contribution in [0.25, 0.3) is 0 Å². The van der Waals surface area contributed by atoms with Gasteiger partial charge in [0.2, 0.25) is 0 Å². The minimum absolute atomic E-state index is 0.102. The Morgan fingerprint density at radius 1 is 1.35 bits per heavy atom. The van der Waals surface area contributed by atoms with Gasteiger partial charge >= 0.3 is 0 Å². The smallest absolute Gasteiger partial charge is 0.267 e. The van der Waals surface area contributed by atoms with Crippen molar-refractivity contribution in [1.29, 1.82) is 5.26 Å². The van der Waals surface area contributed by atoms with E-state index in [1.807, 2.05) is 30.3 Å². The van der Waals surface area contributed by atoms with Crippen molar-refractivity contribution in [1.82, 2.24) is 0 Å². The molecule has 0 saturated carbocycles. The van der Waals surface area contributed by atoms with Gasteiger partial charge in [-0.05, 0) is 43.2 Å². The molecule has 0 spiro atoms. The molecule has 0 bridgehead atoms. The first-order valence-corrected chi connectivity index (χ1v) is 7.73. The Hall–Kier alpha value is -2.51. The highest BCUT2D eigenvalue weighted by Gasteiger charge is 2.29. The van der Waals surface area contributed by atoms with Crippen LogP contribution in [0.2, 0.25) is 5.02 Å². The van der Waals surface area contributed by atoms with Crippen LogP contribution in [-0.2, 0) is 11.2 Å². The van der Waals surface area contributed by atoms with E-state index in [4.69, 9.17) is 21.6 Å². The first-order chi connectivity index (χ1) is 11.1. The van der Waals surface area contributed by atoms with Gasteiger partial charge < -0.3 is 9.64 Å².